The summed E-state index contributed by atoms with van der Waals surface area (Å²) in [5.41, 5.74) is 2.56. The van der Waals surface area contributed by atoms with Gasteiger partial charge in [0.25, 0.3) is 5.69 Å². The largest absolute Gasteiger partial charge is 0.495 e. The second-order valence-electron chi connectivity index (χ2n) is 4.41. The summed E-state index contributed by atoms with van der Waals surface area (Å²) in [6, 6.07) is 4.46. The first-order valence-corrected chi connectivity index (χ1v) is 6.06. The number of hydrogen-bond acceptors (Lipinski definition) is 5. The van der Waals surface area contributed by atoms with Gasteiger partial charge in [0.1, 0.15) is 5.75 Å². The van der Waals surface area contributed by atoms with E-state index in [0.29, 0.717) is 18.0 Å². The molecule has 106 valence electrons. The quantitative estimate of drug-likeness (QED) is 0.669. The van der Waals surface area contributed by atoms with Crippen LogP contribution in [0.4, 0.5) is 11.4 Å². The third-order valence-corrected chi connectivity index (χ3v) is 2.98. The zero-order valence-corrected chi connectivity index (χ0v) is 11.6. The van der Waals surface area contributed by atoms with E-state index in [2.05, 4.69) is 10.4 Å². The first-order chi connectivity index (χ1) is 9.51. The van der Waals surface area contributed by atoms with Gasteiger partial charge in [0.05, 0.1) is 23.4 Å². The number of nitro benzene ring substituents is 1. The van der Waals surface area contributed by atoms with Gasteiger partial charge in [0.2, 0.25) is 0 Å². The second kappa shape index (κ2) is 5.60. The van der Waals surface area contributed by atoms with Crippen LogP contribution in [0.3, 0.4) is 0 Å². The van der Waals surface area contributed by atoms with Crippen molar-refractivity contribution in [3.05, 3.63) is 45.8 Å². The predicted octanol–water partition coefficient (Wildman–Crippen LogP) is 2.26. The number of ether oxygens (including phenoxy) is 1. The molecule has 0 aliphatic rings. The highest BCUT2D eigenvalue weighted by Gasteiger charge is 2.12. The van der Waals surface area contributed by atoms with Gasteiger partial charge in [-0.3, -0.25) is 14.8 Å². The molecule has 0 aliphatic heterocycles. The van der Waals surface area contributed by atoms with Crippen LogP contribution in [0.5, 0.6) is 5.75 Å². The number of aromatic nitrogens is 2. The van der Waals surface area contributed by atoms with Crippen LogP contribution in [0.2, 0.25) is 0 Å². The molecule has 20 heavy (non-hydrogen) atoms. The molecular weight excluding hydrogens is 260 g/mol. The molecule has 0 saturated heterocycles. The Bertz CT molecular complexity index is 637. The molecule has 2 aromatic rings. The fourth-order valence-corrected chi connectivity index (χ4v) is 1.96. The Morgan fingerprint density at radius 1 is 1.50 bits per heavy atom. The van der Waals surface area contributed by atoms with Crippen molar-refractivity contribution in [3.63, 3.8) is 0 Å². The minimum absolute atomic E-state index is 0.0243. The van der Waals surface area contributed by atoms with Gasteiger partial charge in [-0.1, -0.05) is 0 Å². The van der Waals surface area contributed by atoms with E-state index < -0.39 is 4.92 Å². The van der Waals surface area contributed by atoms with Crippen LogP contribution in [-0.2, 0) is 13.6 Å². The van der Waals surface area contributed by atoms with E-state index in [4.69, 9.17) is 4.74 Å². The number of rotatable bonds is 5. The normalized spacial score (nSPS) is 10.3. The smallest absolute Gasteiger partial charge is 0.271 e. The average Bonchev–Trinajstić information content (AvgIpc) is 2.74. The Labute approximate surface area is 116 Å². The average molecular weight is 276 g/mol. The molecule has 1 heterocycles. The number of hydrogen-bond donors (Lipinski definition) is 1. The van der Waals surface area contributed by atoms with E-state index in [1.165, 1.54) is 19.2 Å². The molecule has 0 saturated carbocycles. The molecule has 0 aliphatic carbocycles. The van der Waals surface area contributed by atoms with Crippen molar-refractivity contribution < 1.29 is 9.66 Å². The van der Waals surface area contributed by atoms with Gasteiger partial charge < -0.3 is 10.1 Å². The van der Waals surface area contributed by atoms with Crippen LogP contribution in [0.1, 0.15) is 11.3 Å². The summed E-state index contributed by atoms with van der Waals surface area (Å²) >= 11 is 0. The van der Waals surface area contributed by atoms with Gasteiger partial charge in [0, 0.05) is 37.5 Å². The van der Waals surface area contributed by atoms with Gasteiger partial charge in [-0.2, -0.15) is 5.10 Å². The number of methoxy groups -OCH3 is 1. The maximum Gasteiger partial charge on any atom is 0.271 e. The highest BCUT2D eigenvalue weighted by molar-refractivity contribution is 5.61. The van der Waals surface area contributed by atoms with Crippen molar-refractivity contribution in [2.75, 3.05) is 12.4 Å². The molecular formula is C13H16N4O3. The van der Waals surface area contributed by atoms with Crippen LogP contribution >= 0.6 is 0 Å². The Hall–Kier alpha value is -2.57. The molecule has 0 atom stereocenters. The standard InChI is InChI=1S/C13H16N4O3/c1-9-10(8-16(2)15-9)7-14-12-6-11(17(18)19)4-5-13(12)20-3/h4-6,8,14H,7H2,1-3H3. The summed E-state index contributed by atoms with van der Waals surface area (Å²) in [5, 5.41) is 18.2. The van der Waals surface area contributed by atoms with Crippen molar-refractivity contribution in [3.8, 4) is 5.75 Å². The summed E-state index contributed by atoms with van der Waals surface area (Å²) in [6.07, 6.45) is 1.91. The van der Waals surface area contributed by atoms with Crippen LogP contribution in [0, 0.1) is 17.0 Å². The fourth-order valence-electron chi connectivity index (χ4n) is 1.96. The number of nitrogens with one attached hydrogen (secondary N) is 1. The molecule has 0 amide bonds. The lowest BCUT2D eigenvalue weighted by molar-refractivity contribution is -0.384. The summed E-state index contributed by atoms with van der Waals surface area (Å²) < 4.78 is 6.93. The van der Waals surface area contributed by atoms with Crippen LogP contribution in [0.15, 0.2) is 24.4 Å². The summed E-state index contributed by atoms with van der Waals surface area (Å²) in [6.45, 7) is 2.44. The van der Waals surface area contributed by atoms with Crippen LogP contribution in [0.25, 0.3) is 0 Å². The second-order valence-corrected chi connectivity index (χ2v) is 4.41. The van der Waals surface area contributed by atoms with Crippen molar-refractivity contribution in [1.29, 1.82) is 0 Å². The lowest BCUT2D eigenvalue weighted by Gasteiger charge is -2.10. The lowest BCUT2D eigenvalue weighted by Crippen LogP contribution is -2.02. The molecule has 7 heteroatoms. The van der Waals surface area contributed by atoms with E-state index in [0.717, 1.165) is 11.3 Å². The molecule has 1 N–H and O–H groups in total. The van der Waals surface area contributed by atoms with Crippen LogP contribution in [-0.4, -0.2) is 21.8 Å². The molecule has 1 aromatic heterocycles. The molecule has 0 spiro atoms. The highest BCUT2D eigenvalue weighted by atomic mass is 16.6. The van der Waals surface area contributed by atoms with Gasteiger partial charge >= 0.3 is 0 Å². The number of anilines is 1. The van der Waals surface area contributed by atoms with Gasteiger partial charge in [-0.15, -0.1) is 0 Å². The first-order valence-electron chi connectivity index (χ1n) is 6.06. The number of aryl methyl sites for hydroxylation is 2. The van der Waals surface area contributed by atoms with Crippen molar-refractivity contribution >= 4 is 11.4 Å². The number of benzene rings is 1. The minimum Gasteiger partial charge on any atom is -0.495 e. The first kappa shape index (κ1) is 13.9. The Morgan fingerprint density at radius 3 is 2.80 bits per heavy atom. The molecule has 0 fully saturated rings. The van der Waals surface area contributed by atoms with E-state index >= 15 is 0 Å². The Balaban J connectivity index is 2.21. The number of nitro groups is 1. The topological polar surface area (TPSA) is 82.2 Å². The van der Waals surface area contributed by atoms with Crippen molar-refractivity contribution in [2.45, 2.75) is 13.5 Å². The lowest BCUT2D eigenvalue weighted by atomic mass is 10.2. The molecule has 0 bridgehead atoms. The van der Waals surface area contributed by atoms with Gasteiger partial charge in [-0.25, -0.2) is 0 Å². The van der Waals surface area contributed by atoms with Gasteiger partial charge in [0.15, 0.2) is 0 Å². The van der Waals surface area contributed by atoms with Gasteiger partial charge in [-0.05, 0) is 13.0 Å². The minimum atomic E-state index is -0.431. The van der Waals surface area contributed by atoms with E-state index in [9.17, 15) is 10.1 Å². The molecule has 7 nitrogen and oxygen atoms in total. The summed E-state index contributed by atoms with van der Waals surface area (Å²) in [4.78, 5) is 10.4. The Kier molecular flexibility index (Phi) is 3.88. The van der Waals surface area contributed by atoms with E-state index in [-0.39, 0.29) is 5.69 Å². The zero-order chi connectivity index (χ0) is 14.7. The third kappa shape index (κ3) is 2.87. The Morgan fingerprint density at radius 2 is 2.25 bits per heavy atom. The predicted molar refractivity (Wildman–Crippen MR) is 74.9 cm³/mol. The molecule has 0 unspecified atom stereocenters. The summed E-state index contributed by atoms with van der Waals surface area (Å²) in [7, 11) is 3.38. The maximum absolute atomic E-state index is 10.8. The number of non-ortho nitro benzene ring substituents is 1. The van der Waals surface area contributed by atoms with Crippen LogP contribution < -0.4 is 10.1 Å². The fraction of sp³-hybridized carbons (Fsp3) is 0.308. The third-order valence-electron chi connectivity index (χ3n) is 2.98. The zero-order valence-electron chi connectivity index (χ0n) is 11.6. The SMILES string of the molecule is COc1ccc([N+](=O)[O-])cc1NCc1cn(C)nc1C. The molecule has 0 radical (unpaired) electrons. The monoisotopic (exact) mass is 276 g/mol. The maximum atomic E-state index is 10.8. The van der Waals surface area contributed by atoms with E-state index in [1.54, 1.807) is 10.7 Å². The molecule has 1 aromatic carbocycles. The number of nitrogens with zero attached hydrogens (tertiary/aromatic N) is 3. The molecule has 2 rings (SSSR count). The highest BCUT2D eigenvalue weighted by Crippen LogP contribution is 2.29. The van der Waals surface area contributed by atoms with E-state index in [1.807, 2.05) is 20.2 Å². The van der Waals surface area contributed by atoms with Crippen molar-refractivity contribution in [1.82, 2.24) is 9.78 Å². The van der Waals surface area contributed by atoms with Crippen molar-refractivity contribution in [2.24, 2.45) is 7.05 Å². The summed E-state index contributed by atoms with van der Waals surface area (Å²) in [5.74, 6) is 0.567.